The molecule has 0 bridgehead atoms. The highest BCUT2D eigenvalue weighted by atomic mass is 16.5. The number of nitrogens with two attached hydrogens (primary N) is 1. The Labute approximate surface area is 100 Å². The summed E-state index contributed by atoms with van der Waals surface area (Å²) in [5.41, 5.74) is 9.33. The van der Waals surface area contributed by atoms with Crippen LogP contribution in [0, 0.1) is 6.92 Å². The van der Waals surface area contributed by atoms with E-state index in [4.69, 9.17) is 10.5 Å². The van der Waals surface area contributed by atoms with Crippen LogP contribution in [-0.4, -0.2) is 22.8 Å². The van der Waals surface area contributed by atoms with E-state index in [0.717, 1.165) is 37.1 Å². The van der Waals surface area contributed by atoms with Crippen LogP contribution in [0.4, 0.5) is 5.95 Å². The van der Waals surface area contributed by atoms with Gasteiger partial charge < -0.3 is 15.0 Å². The van der Waals surface area contributed by atoms with Gasteiger partial charge in [-0.3, -0.25) is 0 Å². The van der Waals surface area contributed by atoms with E-state index in [2.05, 4.69) is 34.7 Å². The molecule has 0 spiro atoms. The fourth-order valence-corrected chi connectivity index (χ4v) is 2.54. The molecule has 90 valence electrons. The molecule has 1 aromatic heterocycles. The number of nitrogen functional groups attached to an aromatic ring is 1. The number of fused-ring (bicyclic) bond motifs is 1. The Balaban J connectivity index is 2.11. The fraction of sp³-hybridized carbons (Fsp3) is 0.462. The van der Waals surface area contributed by atoms with Gasteiger partial charge >= 0.3 is 0 Å². The van der Waals surface area contributed by atoms with E-state index in [1.165, 1.54) is 5.56 Å². The number of nitrogens with zero attached hydrogens (tertiary/aromatic N) is 2. The van der Waals surface area contributed by atoms with Crippen molar-refractivity contribution in [2.75, 3.05) is 18.9 Å². The van der Waals surface area contributed by atoms with Gasteiger partial charge in [-0.05, 0) is 37.5 Å². The van der Waals surface area contributed by atoms with Crippen molar-refractivity contribution in [3.05, 3.63) is 23.8 Å². The third-order valence-electron chi connectivity index (χ3n) is 3.37. The van der Waals surface area contributed by atoms with E-state index in [0.29, 0.717) is 12.0 Å². The lowest BCUT2D eigenvalue weighted by Crippen LogP contribution is -2.22. The summed E-state index contributed by atoms with van der Waals surface area (Å²) < 4.78 is 7.65. The Morgan fingerprint density at radius 3 is 3.12 bits per heavy atom. The zero-order chi connectivity index (χ0) is 11.8. The first-order chi connectivity index (χ1) is 8.25. The molecule has 1 aliphatic rings. The summed E-state index contributed by atoms with van der Waals surface area (Å²) in [5, 5.41) is 0. The number of anilines is 1. The Bertz CT molecular complexity index is 541. The number of ether oxygens (including phenoxy) is 1. The molecule has 1 aromatic carbocycles. The summed E-state index contributed by atoms with van der Waals surface area (Å²) in [7, 11) is 0. The summed E-state index contributed by atoms with van der Waals surface area (Å²) >= 11 is 0. The molecule has 17 heavy (non-hydrogen) atoms. The van der Waals surface area contributed by atoms with E-state index in [-0.39, 0.29) is 0 Å². The minimum Gasteiger partial charge on any atom is -0.379 e. The molecule has 3 rings (SSSR count). The maximum absolute atomic E-state index is 6.03. The number of aromatic nitrogens is 2. The van der Waals surface area contributed by atoms with Gasteiger partial charge in [-0.15, -0.1) is 0 Å². The molecule has 0 radical (unpaired) electrons. The van der Waals surface area contributed by atoms with Crippen LogP contribution >= 0.6 is 0 Å². The number of hydrogen-bond acceptors (Lipinski definition) is 3. The first-order valence-electron chi connectivity index (χ1n) is 6.07. The van der Waals surface area contributed by atoms with Crippen LogP contribution in [0.5, 0.6) is 0 Å². The highest BCUT2D eigenvalue weighted by Gasteiger charge is 2.20. The smallest absolute Gasteiger partial charge is 0.201 e. The standard InChI is InChI=1S/C13H17N3O/c1-9-4-5-12-11(7-9)15-13(14)16(12)10-3-2-6-17-8-10/h4-5,7,10H,2-3,6,8H2,1H3,(H2,14,15). The maximum atomic E-state index is 6.03. The zero-order valence-corrected chi connectivity index (χ0v) is 10.0. The van der Waals surface area contributed by atoms with Crippen molar-refractivity contribution < 1.29 is 4.74 Å². The minimum atomic E-state index is 0.330. The predicted molar refractivity (Wildman–Crippen MR) is 68.0 cm³/mol. The first-order valence-corrected chi connectivity index (χ1v) is 6.07. The summed E-state index contributed by atoms with van der Waals surface area (Å²) in [5.74, 6) is 0.598. The van der Waals surface area contributed by atoms with Gasteiger partial charge in [0.05, 0.1) is 23.7 Å². The third kappa shape index (κ3) is 1.78. The van der Waals surface area contributed by atoms with Crippen molar-refractivity contribution in [1.82, 2.24) is 9.55 Å². The molecule has 1 atom stereocenters. The summed E-state index contributed by atoms with van der Waals surface area (Å²) in [4.78, 5) is 4.43. The van der Waals surface area contributed by atoms with Crippen molar-refractivity contribution >= 4 is 17.0 Å². The van der Waals surface area contributed by atoms with Gasteiger partial charge in [0, 0.05) is 6.61 Å². The highest BCUT2D eigenvalue weighted by molar-refractivity contribution is 5.79. The van der Waals surface area contributed by atoms with Crippen LogP contribution in [0.1, 0.15) is 24.4 Å². The van der Waals surface area contributed by atoms with Crippen LogP contribution in [0.15, 0.2) is 18.2 Å². The quantitative estimate of drug-likeness (QED) is 0.819. The molecule has 1 aliphatic heterocycles. The zero-order valence-electron chi connectivity index (χ0n) is 10.0. The molecule has 4 nitrogen and oxygen atoms in total. The molecular formula is C13H17N3O. The average Bonchev–Trinajstić information content (AvgIpc) is 2.65. The lowest BCUT2D eigenvalue weighted by molar-refractivity contribution is 0.0611. The van der Waals surface area contributed by atoms with E-state index < -0.39 is 0 Å². The SMILES string of the molecule is Cc1ccc2c(c1)nc(N)n2C1CCCOC1. The summed E-state index contributed by atoms with van der Waals surface area (Å²) in [6.07, 6.45) is 2.21. The molecule has 1 fully saturated rings. The highest BCUT2D eigenvalue weighted by Crippen LogP contribution is 2.28. The van der Waals surface area contributed by atoms with Crippen LogP contribution < -0.4 is 5.73 Å². The van der Waals surface area contributed by atoms with E-state index in [9.17, 15) is 0 Å². The lowest BCUT2D eigenvalue weighted by Gasteiger charge is -2.24. The van der Waals surface area contributed by atoms with Crippen LogP contribution in [0.3, 0.4) is 0 Å². The number of hydrogen-bond donors (Lipinski definition) is 1. The monoisotopic (exact) mass is 231 g/mol. The van der Waals surface area contributed by atoms with Gasteiger partial charge in [0.15, 0.2) is 0 Å². The fourth-order valence-electron chi connectivity index (χ4n) is 2.54. The van der Waals surface area contributed by atoms with Gasteiger partial charge in [0.1, 0.15) is 0 Å². The molecule has 4 heteroatoms. The Morgan fingerprint density at radius 1 is 1.47 bits per heavy atom. The lowest BCUT2D eigenvalue weighted by atomic mass is 10.1. The normalized spacial score (nSPS) is 20.9. The van der Waals surface area contributed by atoms with Crippen molar-refractivity contribution in [2.24, 2.45) is 0 Å². The second kappa shape index (κ2) is 4.04. The molecule has 0 aliphatic carbocycles. The molecule has 0 amide bonds. The van der Waals surface area contributed by atoms with Crippen LogP contribution in [0.25, 0.3) is 11.0 Å². The second-order valence-electron chi connectivity index (χ2n) is 4.70. The number of imidazole rings is 1. The number of benzene rings is 1. The maximum Gasteiger partial charge on any atom is 0.201 e. The van der Waals surface area contributed by atoms with Crippen molar-refractivity contribution in [2.45, 2.75) is 25.8 Å². The molecule has 0 saturated carbocycles. The molecular weight excluding hydrogens is 214 g/mol. The van der Waals surface area contributed by atoms with Gasteiger partial charge in [-0.1, -0.05) is 6.07 Å². The van der Waals surface area contributed by atoms with E-state index >= 15 is 0 Å². The largest absolute Gasteiger partial charge is 0.379 e. The summed E-state index contributed by atoms with van der Waals surface area (Å²) in [6.45, 7) is 3.67. The second-order valence-corrected chi connectivity index (χ2v) is 4.70. The van der Waals surface area contributed by atoms with E-state index in [1.807, 2.05) is 0 Å². The predicted octanol–water partition coefficient (Wildman–Crippen LogP) is 2.28. The topological polar surface area (TPSA) is 53.1 Å². The minimum absolute atomic E-state index is 0.330. The van der Waals surface area contributed by atoms with Gasteiger partial charge in [0.2, 0.25) is 5.95 Å². The van der Waals surface area contributed by atoms with Crippen molar-refractivity contribution in [1.29, 1.82) is 0 Å². The van der Waals surface area contributed by atoms with Gasteiger partial charge in [0.25, 0.3) is 0 Å². The van der Waals surface area contributed by atoms with Crippen LogP contribution in [-0.2, 0) is 4.74 Å². The molecule has 2 N–H and O–H groups in total. The Kier molecular flexibility index (Phi) is 2.52. The molecule has 1 saturated heterocycles. The van der Waals surface area contributed by atoms with E-state index in [1.54, 1.807) is 0 Å². The molecule has 2 heterocycles. The molecule has 1 unspecified atom stereocenters. The first kappa shape index (κ1) is 10.6. The number of rotatable bonds is 1. The average molecular weight is 231 g/mol. The number of aryl methyl sites for hydroxylation is 1. The Morgan fingerprint density at radius 2 is 2.35 bits per heavy atom. The third-order valence-corrected chi connectivity index (χ3v) is 3.37. The van der Waals surface area contributed by atoms with Crippen LogP contribution in [0.2, 0.25) is 0 Å². The van der Waals surface area contributed by atoms with Crippen molar-refractivity contribution in [3.8, 4) is 0 Å². The summed E-state index contributed by atoms with van der Waals surface area (Å²) in [6, 6.07) is 6.61. The Hall–Kier alpha value is -1.55. The van der Waals surface area contributed by atoms with Gasteiger partial charge in [-0.25, -0.2) is 4.98 Å². The van der Waals surface area contributed by atoms with Gasteiger partial charge in [-0.2, -0.15) is 0 Å². The molecule has 2 aromatic rings. The van der Waals surface area contributed by atoms with Crippen molar-refractivity contribution in [3.63, 3.8) is 0 Å².